The lowest BCUT2D eigenvalue weighted by molar-refractivity contribution is 0.0177. The molecule has 0 radical (unpaired) electrons. The molecule has 0 aromatic rings. The number of rotatable bonds is 5. The Bertz CT molecular complexity index is 211. The zero-order chi connectivity index (χ0) is 11.3. The summed E-state index contributed by atoms with van der Waals surface area (Å²) in [6.07, 6.45) is 3.83. The molecule has 2 aliphatic rings. The van der Waals surface area contributed by atoms with Crippen molar-refractivity contribution in [3.8, 4) is 0 Å². The van der Waals surface area contributed by atoms with Crippen molar-refractivity contribution in [2.75, 3.05) is 52.6 Å². The molecule has 0 saturated carbocycles. The van der Waals surface area contributed by atoms with Crippen LogP contribution in [0.4, 0.5) is 0 Å². The van der Waals surface area contributed by atoms with E-state index in [0.29, 0.717) is 18.6 Å². The predicted octanol–water partition coefficient (Wildman–Crippen LogP) is 0.886. The van der Waals surface area contributed by atoms with Gasteiger partial charge in [0, 0.05) is 32.8 Å². The van der Waals surface area contributed by atoms with Crippen LogP contribution in [0.3, 0.4) is 0 Å². The minimum Gasteiger partial charge on any atom is -0.381 e. The van der Waals surface area contributed by atoms with Gasteiger partial charge in [0.15, 0.2) is 0 Å². The van der Waals surface area contributed by atoms with Gasteiger partial charge in [0.05, 0.1) is 13.2 Å². The van der Waals surface area contributed by atoms with Crippen LogP contribution in [0.2, 0.25) is 0 Å². The van der Waals surface area contributed by atoms with Crippen LogP contribution in [0, 0.1) is 5.41 Å². The van der Waals surface area contributed by atoms with E-state index in [1.165, 1.54) is 32.4 Å². The largest absolute Gasteiger partial charge is 0.381 e. The highest BCUT2D eigenvalue weighted by atomic mass is 35.5. The first-order valence-electron chi connectivity index (χ1n) is 6.43. The van der Waals surface area contributed by atoms with E-state index in [0.717, 1.165) is 26.4 Å². The zero-order valence-corrected chi connectivity index (χ0v) is 11.3. The van der Waals surface area contributed by atoms with Crippen LogP contribution in [0.1, 0.15) is 19.3 Å². The molecular formula is C12H25ClN2O2. The van der Waals surface area contributed by atoms with Crippen LogP contribution < -0.4 is 5.73 Å². The first-order valence-corrected chi connectivity index (χ1v) is 6.43. The van der Waals surface area contributed by atoms with E-state index in [9.17, 15) is 0 Å². The highest BCUT2D eigenvalue weighted by Gasteiger charge is 2.38. The fraction of sp³-hybridized carbons (Fsp3) is 1.00. The van der Waals surface area contributed by atoms with Crippen molar-refractivity contribution in [1.29, 1.82) is 0 Å². The fourth-order valence-corrected chi connectivity index (χ4v) is 2.81. The van der Waals surface area contributed by atoms with Crippen molar-refractivity contribution in [2.45, 2.75) is 19.3 Å². The second kappa shape index (κ2) is 7.54. The second-order valence-electron chi connectivity index (χ2n) is 5.04. The Morgan fingerprint density at radius 1 is 1.18 bits per heavy atom. The number of halogens is 1. The molecule has 2 aliphatic heterocycles. The lowest BCUT2D eigenvalue weighted by Crippen LogP contribution is -2.34. The molecule has 2 heterocycles. The van der Waals surface area contributed by atoms with Crippen LogP contribution in [0.25, 0.3) is 0 Å². The molecule has 2 saturated heterocycles. The topological polar surface area (TPSA) is 47.7 Å². The summed E-state index contributed by atoms with van der Waals surface area (Å²) in [4.78, 5) is 2.53. The Labute approximate surface area is 110 Å². The Hall–Kier alpha value is 0.130. The Morgan fingerprint density at radius 3 is 2.65 bits per heavy atom. The normalized spacial score (nSPS) is 23.8. The van der Waals surface area contributed by atoms with E-state index in [2.05, 4.69) is 4.90 Å². The van der Waals surface area contributed by atoms with Gasteiger partial charge in [-0.05, 0) is 31.2 Å². The molecule has 2 N–H and O–H groups in total. The molecule has 0 aromatic heterocycles. The lowest BCUT2D eigenvalue weighted by atomic mass is 9.80. The summed E-state index contributed by atoms with van der Waals surface area (Å²) in [5, 5.41) is 0. The van der Waals surface area contributed by atoms with E-state index >= 15 is 0 Å². The molecule has 1 spiro atoms. The van der Waals surface area contributed by atoms with Crippen LogP contribution >= 0.6 is 12.4 Å². The monoisotopic (exact) mass is 264 g/mol. The van der Waals surface area contributed by atoms with Crippen LogP contribution in [-0.2, 0) is 9.47 Å². The molecule has 102 valence electrons. The lowest BCUT2D eigenvalue weighted by Gasteiger charge is -2.33. The van der Waals surface area contributed by atoms with Crippen molar-refractivity contribution < 1.29 is 9.47 Å². The first kappa shape index (κ1) is 15.2. The van der Waals surface area contributed by atoms with E-state index in [1.807, 2.05) is 0 Å². The predicted molar refractivity (Wildman–Crippen MR) is 70.7 cm³/mol. The molecule has 2 rings (SSSR count). The number of likely N-dealkylation sites (tertiary alicyclic amines) is 1. The third-order valence-corrected chi connectivity index (χ3v) is 3.88. The minimum atomic E-state index is 0. The van der Waals surface area contributed by atoms with Gasteiger partial charge in [0.25, 0.3) is 0 Å². The number of hydrogen-bond acceptors (Lipinski definition) is 4. The quantitative estimate of drug-likeness (QED) is 0.749. The molecule has 17 heavy (non-hydrogen) atoms. The smallest absolute Gasteiger partial charge is 0.0594 e. The third-order valence-electron chi connectivity index (χ3n) is 3.88. The molecule has 0 unspecified atom stereocenters. The van der Waals surface area contributed by atoms with Gasteiger partial charge in [0.1, 0.15) is 0 Å². The number of hydrogen-bond donors (Lipinski definition) is 1. The summed E-state index contributed by atoms with van der Waals surface area (Å²) in [5.41, 5.74) is 5.94. The minimum absolute atomic E-state index is 0. The van der Waals surface area contributed by atoms with E-state index in [-0.39, 0.29) is 12.4 Å². The maximum Gasteiger partial charge on any atom is 0.0594 e. The van der Waals surface area contributed by atoms with Gasteiger partial charge in [-0.1, -0.05) is 0 Å². The SMILES string of the molecule is Cl.NCCOCCN1CCC2(CCOCC2)C1. The third kappa shape index (κ3) is 4.38. The summed E-state index contributed by atoms with van der Waals surface area (Å²) < 4.78 is 10.9. The van der Waals surface area contributed by atoms with Gasteiger partial charge in [0.2, 0.25) is 0 Å². The van der Waals surface area contributed by atoms with Crippen molar-refractivity contribution in [3.63, 3.8) is 0 Å². The molecule has 4 nitrogen and oxygen atoms in total. The van der Waals surface area contributed by atoms with Gasteiger partial charge in [-0.2, -0.15) is 0 Å². The van der Waals surface area contributed by atoms with Gasteiger partial charge in [-0.15, -0.1) is 12.4 Å². The maximum absolute atomic E-state index is 5.45. The summed E-state index contributed by atoms with van der Waals surface area (Å²) in [6.45, 7) is 7.57. The summed E-state index contributed by atoms with van der Waals surface area (Å²) >= 11 is 0. The number of nitrogens with zero attached hydrogens (tertiary/aromatic N) is 1. The molecule has 0 bridgehead atoms. The fourth-order valence-electron chi connectivity index (χ4n) is 2.81. The van der Waals surface area contributed by atoms with Crippen LogP contribution in [-0.4, -0.2) is 57.5 Å². The number of ether oxygens (including phenoxy) is 2. The van der Waals surface area contributed by atoms with Gasteiger partial charge in [-0.3, -0.25) is 0 Å². The van der Waals surface area contributed by atoms with Crippen LogP contribution in [0.5, 0.6) is 0 Å². The van der Waals surface area contributed by atoms with E-state index < -0.39 is 0 Å². The first-order chi connectivity index (χ1) is 7.85. The zero-order valence-electron chi connectivity index (χ0n) is 10.5. The van der Waals surface area contributed by atoms with Crippen molar-refractivity contribution in [2.24, 2.45) is 11.1 Å². The molecule has 0 aliphatic carbocycles. The Balaban J connectivity index is 0.00000144. The highest BCUT2D eigenvalue weighted by molar-refractivity contribution is 5.85. The van der Waals surface area contributed by atoms with Crippen molar-refractivity contribution in [1.82, 2.24) is 4.90 Å². The average Bonchev–Trinajstić information content (AvgIpc) is 2.69. The Kier molecular flexibility index (Phi) is 6.74. The van der Waals surface area contributed by atoms with Gasteiger partial charge >= 0.3 is 0 Å². The Morgan fingerprint density at radius 2 is 1.94 bits per heavy atom. The van der Waals surface area contributed by atoms with Crippen molar-refractivity contribution >= 4 is 12.4 Å². The summed E-state index contributed by atoms with van der Waals surface area (Å²) in [7, 11) is 0. The molecule has 0 amide bonds. The summed E-state index contributed by atoms with van der Waals surface area (Å²) in [5.74, 6) is 0. The van der Waals surface area contributed by atoms with E-state index in [4.69, 9.17) is 15.2 Å². The van der Waals surface area contributed by atoms with Gasteiger partial charge < -0.3 is 20.1 Å². The molecule has 0 atom stereocenters. The number of nitrogens with two attached hydrogens (primary N) is 1. The molecule has 5 heteroatoms. The standard InChI is InChI=1S/C12H24N2O2.ClH/c13-4-9-16-10-6-14-5-1-12(11-14)2-7-15-8-3-12;/h1-11,13H2;1H. The highest BCUT2D eigenvalue weighted by Crippen LogP contribution is 2.39. The second-order valence-corrected chi connectivity index (χ2v) is 5.04. The maximum atomic E-state index is 5.45. The van der Waals surface area contributed by atoms with Crippen LogP contribution in [0.15, 0.2) is 0 Å². The molecular weight excluding hydrogens is 240 g/mol. The van der Waals surface area contributed by atoms with E-state index in [1.54, 1.807) is 0 Å². The molecule has 0 aromatic carbocycles. The average molecular weight is 265 g/mol. The summed E-state index contributed by atoms with van der Waals surface area (Å²) in [6, 6.07) is 0. The van der Waals surface area contributed by atoms with Crippen molar-refractivity contribution in [3.05, 3.63) is 0 Å². The van der Waals surface area contributed by atoms with Gasteiger partial charge in [-0.25, -0.2) is 0 Å². The molecule has 2 fully saturated rings.